The average molecular weight is 382 g/mol. The molecule has 0 spiro atoms. The maximum atomic E-state index is 12.5. The predicted molar refractivity (Wildman–Crippen MR) is 106 cm³/mol. The standard InChI is InChI=1S/C21H20ClN3O2/c1-14(26)25-21(23)17(11-15-3-7-18(22)8-4-15)13-20(27)12-16-5-9-19(24-2)10-6-16/h3-10,17H,11-13H2,1H3,(H2,23,25,26)/t17-/m1/s1. The number of nitrogens with zero attached hydrogens (tertiary/aromatic N) is 1. The summed E-state index contributed by atoms with van der Waals surface area (Å²) >= 11 is 5.90. The van der Waals surface area contributed by atoms with Crippen LogP contribution >= 0.6 is 11.6 Å². The number of amidine groups is 1. The zero-order chi connectivity index (χ0) is 19.8. The van der Waals surface area contributed by atoms with E-state index in [0.29, 0.717) is 17.1 Å². The van der Waals surface area contributed by atoms with E-state index in [1.165, 1.54) is 6.92 Å². The lowest BCUT2D eigenvalue weighted by molar-refractivity contribution is -0.119. The van der Waals surface area contributed by atoms with Crippen molar-refractivity contribution in [3.8, 4) is 0 Å². The van der Waals surface area contributed by atoms with Gasteiger partial charge in [-0.05, 0) is 29.7 Å². The summed E-state index contributed by atoms with van der Waals surface area (Å²) in [6.07, 6.45) is 0.827. The molecular weight excluding hydrogens is 362 g/mol. The Labute approximate surface area is 163 Å². The Bertz CT molecular complexity index is 868. The van der Waals surface area contributed by atoms with Crippen LogP contribution in [-0.4, -0.2) is 17.5 Å². The van der Waals surface area contributed by atoms with E-state index in [2.05, 4.69) is 10.2 Å². The second kappa shape index (κ2) is 9.65. The van der Waals surface area contributed by atoms with Gasteiger partial charge in [-0.25, -0.2) is 4.85 Å². The minimum atomic E-state index is -0.426. The number of carbonyl (C=O) groups is 2. The monoisotopic (exact) mass is 381 g/mol. The van der Waals surface area contributed by atoms with Gasteiger partial charge in [0.2, 0.25) is 5.91 Å². The molecule has 0 bridgehead atoms. The van der Waals surface area contributed by atoms with Gasteiger partial charge in [0.05, 0.1) is 6.57 Å². The summed E-state index contributed by atoms with van der Waals surface area (Å²) < 4.78 is 0. The Kier molecular flexibility index (Phi) is 7.27. The van der Waals surface area contributed by atoms with Gasteiger partial charge >= 0.3 is 0 Å². The molecule has 6 heteroatoms. The lowest BCUT2D eigenvalue weighted by Gasteiger charge is -2.18. The minimum Gasteiger partial charge on any atom is -0.315 e. The number of hydrogen-bond donors (Lipinski definition) is 2. The lowest BCUT2D eigenvalue weighted by Crippen LogP contribution is -2.35. The first-order valence-electron chi connectivity index (χ1n) is 8.46. The third-order valence-corrected chi connectivity index (χ3v) is 4.31. The highest BCUT2D eigenvalue weighted by molar-refractivity contribution is 6.30. The highest BCUT2D eigenvalue weighted by Gasteiger charge is 2.20. The Hall–Kier alpha value is -2.97. The number of halogens is 1. The van der Waals surface area contributed by atoms with Crippen molar-refractivity contribution in [1.82, 2.24) is 5.32 Å². The molecule has 2 rings (SSSR count). The van der Waals surface area contributed by atoms with E-state index < -0.39 is 5.92 Å². The van der Waals surface area contributed by atoms with Gasteiger partial charge in [0.1, 0.15) is 11.6 Å². The van der Waals surface area contributed by atoms with Gasteiger partial charge in [-0.1, -0.05) is 48.0 Å². The number of benzene rings is 2. The van der Waals surface area contributed by atoms with E-state index in [4.69, 9.17) is 23.6 Å². The number of Topliss-reactive ketones (excluding diaryl/α,β-unsaturated/α-hetero) is 1. The van der Waals surface area contributed by atoms with Crippen LogP contribution in [0.4, 0.5) is 5.69 Å². The highest BCUT2D eigenvalue weighted by atomic mass is 35.5. The fourth-order valence-electron chi connectivity index (χ4n) is 2.74. The van der Waals surface area contributed by atoms with Crippen LogP contribution in [0.1, 0.15) is 24.5 Å². The molecule has 0 heterocycles. The van der Waals surface area contributed by atoms with E-state index in [0.717, 1.165) is 11.1 Å². The summed E-state index contributed by atoms with van der Waals surface area (Å²) in [5, 5.41) is 11.3. The van der Waals surface area contributed by atoms with Gasteiger partial charge in [0.15, 0.2) is 5.69 Å². The zero-order valence-corrected chi connectivity index (χ0v) is 15.7. The number of amides is 1. The van der Waals surface area contributed by atoms with Crippen LogP contribution in [0.2, 0.25) is 5.02 Å². The van der Waals surface area contributed by atoms with Crippen molar-refractivity contribution < 1.29 is 9.59 Å². The van der Waals surface area contributed by atoms with Crippen LogP contribution in [0.15, 0.2) is 48.5 Å². The van der Waals surface area contributed by atoms with Crippen LogP contribution in [0.25, 0.3) is 4.85 Å². The van der Waals surface area contributed by atoms with E-state index >= 15 is 0 Å². The molecule has 0 radical (unpaired) electrons. The third kappa shape index (κ3) is 6.69. The number of rotatable bonds is 7. The summed E-state index contributed by atoms with van der Waals surface area (Å²) in [6, 6.07) is 14.1. The summed E-state index contributed by atoms with van der Waals surface area (Å²) in [7, 11) is 0. The molecule has 0 aliphatic rings. The molecule has 0 aromatic heterocycles. The van der Waals surface area contributed by atoms with Crippen molar-refractivity contribution in [2.75, 3.05) is 0 Å². The molecule has 0 aliphatic carbocycles. The first-order valence-corrected chi connectivity index (χ1v) is 8.83. The quantitative estimate of drug-likeness (QED) is 0.424. The minimum absolute atomic E-state index is 0.0281. The van der Waals surface area contributed by atoms with Gasteiger partial charge in [-0.2, -0.15) is 0 Å². The zero-order valence-electron chi connectivity index (χ0n) is 15.0. The van der Waals surface area contributed by atoms with Gasteiger partial charge in [0.25, 0.3) is 0 Å². The fraction of sp³-hybridized carbons (Fsp3) is 0.238. The second-order valence-electron chi connectivity index (χ2n) is 6.32. The normalized spacial score (nSPS) is 11.3. The topological polar surface area (TPSA) is 74.4 Å². The molecule has 1 atom stereocenters. The predicted octanol–water partition coefficient (Wildman–Crippen LogP) is 4.36. The van der Waals surface area contributed by atoms with Crippen LogP contribution in [-0.2, 0) is 22.4 Å². The van der Waals surface area contributed by atoms with Crippen LogP contribution in [0.5, 0.6) is 0 Å². The van der Waals surface area contributed by atoms with Gasteiger partial charge in [-0.3, -0.25) is 15.0 Å². The van der Waals surface area contributed by atoms with Crippen LogP contribution in [0, 0.1) is 17.9 Å². The van der Waals surface area contributed by atoms with Crippen molar-refractivity contribution >= 4 is 34.8 Å². The van der Waals surface area contributed by atoms with Crippen molar-refractivity contribution in [3.05, 3.63) is 76.1 Å². The second-order valence-corrected chi connectivity index (χ2v) is 6.76. The maximum Gasteiger partial charge on any atom is 0.222 e. The van der Waals surface area contributed by atoms with E-state index in [1.54, 1.807) is 36.4 Å². The molecule has 0 aliphatic heterocycles. The average Bonchev–Trinajstić information content (AvgIpc) is 2.63. The smallest absolute Gasteiger partial charge is 0.222 e. The van der Waals surface area contributed by atoms with E-state index in [-0.39, 0.29) is 30.4 Å². The Morgan fingerprint density at radius 3 is 2.26 bits per heavy atom. The summed E-state index contributed by atoms with van der Waals surface area (Å²) in [5.41, 5.74) is 2.29. The molecule has 0 saturated heterocycles. The largest absolute Gasteiger partial charge is 0.315 e. The molecule has 5 nitrogen and oxygen atoms in total. The maximum absolute atomic E-state index is 12.5. The molecule has 0 saturated carbocycles. The molecule has 1 amide bonds. The van der Waals surface area contributed by atoms with Gasteiger partial charge < -0.3 is 5.32 Å². The van der Waals surface area contributed by atoms with Crippen molar-refractivity contribution in [2.24, 2.45) is 5.92 Å². The molecule has 0 unspecified atom stereocenters. The first-order chi connectivity index (χ1) is 12.9. The SMILES string of the molecule is [C-]#[N+]c1ccc(CC(=O)C[C@@H](Cc2ccc(Cl)cc2)C(=N)NC(C)=O)cc1. The van der Waals surface area contributed by atoms with E-state index in [1.807, 2.05) is 12.1 Å². The number of nitrogens with one attached hydrogen (secondary N) is 2. The first kappa shape index (κ1) is 20.3. The van der Waals surface area contributed by atoms with Crippen LogP contribution in [0.3, 0.4) is 0 Å². The van der Waals surface area contributed by atoms with Gasteiger partial charge in [-0.15, -0.1) is 0 Å². The molecule has 2 N–H and O–H groups in total. The Morgan fingerprint density at radius 1 is 1.11 bits per heavy atom. The van der Waals surface area contributed by atoms with Crippen molar-refractivity contribution in [3.63, 3.8) is 0 Å². The van der Waals surface area contributed by atoms with Crippen molar-refractivity contribution in [1.29, 1.82) is 5.41 Å². The summed E-state index contributed by atoms with van der Waals surface area (Å²) in [6.45, 7) is 8.30. The van der Waals surface area contributed by atoms with Crippen LogP contribution < -0.4 is 5.32 Å². The Balaban J connectivity index is 2.08. The van der Waals surface area contributed by atoms with Gasteiger partial charge in [0, 0.05) is 30.7 Å². The number of carbonyl (C=O) groups excluding carboxylic acids is 2. The molecule has 0 fully saturated rings. The fourth-order valence-corrected chi connectivity index (χ4v) is 2.86. The number of hydrogen-bond acceptors (Lipinski definition) is 3. The highest BCUT2D eigenvalue weighted by Crippen LogP contribution is 2.18. The van der Waals surface area contributed by atoms with Crippen molar-refractivity contribution in [2.45, 2.75) is 26.2 Å². The summed E-state index contributed by atoms with van der Waals surface area (Å²) in [5.74, 6) is -0.748. The molecule has 27 heavy (non-hydrogen) atoms. The summed E-state index contributed by atoms with van der Waals surface area (Å²) in [4.78, 5) is 27.2. The lowest BCUT2D eigenvalue weighted by atomic mass is 9.91. The molecular formula is C21H20ClN3O2. The number of ketones is 1. The third-order valence-electron chi connectivity index (χ3n) is 4.06. The van der Waals surface area contributed by atoms with E-state index in [9.17, 15) is 9.59 Å². The molecule has 2 aromatic rings. The Morgan fingerprint density at radius 2 is 1.70 bits per heavy atom. The molecule has 2 aromatic carbocycles. The molecule has 138 valence electrons.